The molecule has 0 atom stereocenters. The van der Waals surface area contributed by atoms with Crippen LogP contribution >= 0.6 is 34.2 Å². The number of benzene rings is 2. The molecule has 1 fully saturated rings. The summed E-state index contributed by atoms with van der Waals surface area (Å²) < 4.78 is 0.842. The minimum Gasteiger partial charge on any atom is -0.367 e. The average molecular weight is 456 g/mol. The fourth-order valence-corrected chi connectivity index (χ4v) is 3.88. The van der Waals surface area contributed by atoms with Gasteiger partial charge in [-0.3, -0.25) is 4.79 Å². The van der Waals surface area contributed by atoms with Gasteiger partial charge >= 0.3 is 0 Å². The molecule has 1 aliphatic rings. The van der Waals surface area contributed by atoms with Crippen molar-refractivity contribution in [1.29, 1.82) is 0 Å². The molecule has 0 unspecified atom stereocenters. The quantitative estimate of drug-likeness (QED) is 0.712. The van der Waals surface area contributed by atoms with Gasteiger partial charge in [-0.2, -0.15) is 0 Å². The number of hydrogen-bond acceptors (Lipinski definition) is 3. The third-order valence-corrected chi connectivity index (χ3v) is 5.30. The zero-order chi connectivity index (χ0) is 17.1. The lowest BCUT2D eigenvalue weighted by Crippen LogP contribution is -2.44. The Hall–Kier alpha value is -1.31. The van der Waals surface area contributed by atoms with Gasteiger partial charge in [0.2, 0.25) is 0 Å². The highest BCUT2D eigenvalue weighted by Gasteiger charge is 2.18. The van der Waals surface area contributed by atoms with Gasteiger partial charge in [-0.1, -0.05) is 23.7 Å². The lowest BCUT2D eigenvalue weighted by molar-refractivity contribution is 0.102. The molecule has 0 spiro atoms. The van der Waals surface area contributed by atoms with Crippen LogP contribution < -0.4 is 10.2 Å². The number of amides is 1. The maximum atomic E-state index is 12.6. The van der Waals surface area contributed by atoms with E-state index in [1.165, 1.54) is 0 Å². The maximum absolute atomic E-state index is 12.6. The van der Waals surface area contributed by atoms with Gasteiger partial charge in [-0.05, 0) is 60.0 Å². The van der Waals surface area contributed by atoms with E-state index >= 15 is 0 Å². The second-order valence-electron chi connectivity index (χ2n) is 5.89. The van der Waals surface area contributed by atoms with E-state index in [0.717, 1.165) is 41.1 Å². The van der Waals surface area contributed by atoms with Gasteiger partial charge < -0.3 is 15.1 Å². The summed E-state index contributed by atoms with van der Waals surface area (Å²) in [5.41, 5.74) is 2.55. The smallest absolute Gasteiger partial charge is 0.256 e. The monoisotopic (exact) mass is 455 g/mol. The van der Waals surface area contributed by atoms with Crippen molar-refractivity contribution >= 4 is 51.5 Å². The Balaban J connectivity index is 1.81. The first-order valence-electron chi connectivity index (χ1n) is 7.83. The van der Waals surface area contributed by atoms with Gasteiger partial charge in [0.25, 0.3) is 5.91 Å². The van der Waals surface area contributed by atoms with Crippen LogP contribution in [0.15, 0.2) is 42.5 Å². The Kier molecular flexibility index (Phi) is 5.63. The largest absolute Gasteiger partial charge is 0.367 e. The molecule has 126 valence electrons. The van der Waals surface area contributed by atoms with Crippen LogP contribution in [0.2, 0.25) is 5.02 Å². The summed E-state index contributed by atoms with van der Waals surface area (Å²) in [6, 6.07) is 13.3. The van der Waals surface area contributed by atoms with Crippen molar-refractivity contribution in [3.63, 3.8) is 0 Å². The molecule has 0 saturated carbocycles. The molecule has 0 bridgehead atoms. The van der Waals surface area contributed by atoms with Crippen LogP contribution in [0.5, 0.6) is 0 Å². The Labute approximate surface area is 160 Å². The van der Waals surface area contributed by atoms with E-state index in [-0.39, 0.29) is 5.91 Å². The number of nitrogens with one attached hydrogen (secondary N) is 1. The Morgan fingerprint density at radius 2 is 1.83 bits per heavy atom. The summed E-state index contributed by atoms with van der Waals surface area (Å²) >= 11 is 8.11. The van der Waals surface area contributed by atoms with Crippen LogP contribution in [0.25, 0.3) is 0 Å². The maximum Gasteiger partial charge on any atom is 0.256 e. The van der Waals surface area contributed by atoms with E-state index < -0.39 is 0 Å². The third-order valence-electron chi connectivity index (χ3n) is 4.17. The number of rotatable bonds is 3. The Morgan fingerprint density at radius 3 is 2.54 bits per heavy atom. The zero-order valence-electron chi connectivity index (χ0n) is 13.4. The summed E-state index contributed by atoms with van der Waals surface area (Å²) in [4.78, 5) is 17.3. The molecule has 24 heavy (non-hydrogen) atoms. The van der Waals surface area contributed by atoms with Gasteiger partial charge in [-0.15, -0.1) is 0 Å². The van der Waals surface area contributed by atoms with Crippen LogP contribution in [-0.2, 0) is 0 Å². The van der Waals surface area contributed by atoms with Gasteiger partial charge in [0, 0.05) is 34.8 Å². The van der Waals surface area contributed by atoms with E-state index in [4.69, 9.17) is 11.6 Å². The van der Waals surface area contributed by atoms with E-state index in [2.05, 4.69) is 50.8 Å². The Morgan fingerprint density at radius 1 is 1.12 bits per heavy atom. The molecule has 0 aromatic heterocycles. The summed E-state index contributed by atoms with van der Waals surface area (Å²) in [6.45, 7) is 3.97. The highest BCUT2D eigenvalue weighted by molar-refractivity contribution is 14.1. The Bertz CT molecular complexity index is 745. The second-order valence-corrected chi connectivity index (χ2v) is 7.48. The van der Waals surface area contributed by atoms with Gasteiger partial charge in [0.1, 0.15) is 0 Å². The van der Waals surface area contributed by atoms with Gasteiger partial charge in [0.05, 0.1) is 16.9 Å². The second kappa shape index (κ2) is 7.72. The number of likely N-dealkylation sites (N-methyl/N-ethyl adjacent to an activating group) is 1. The third kappa shape index (κ3) is 4.02. The van der Waals surface area contributed by atoms with Crippen LogP contribution in [0, 0.1) is 3.57 Å². The standard InChI is InChI=1S/C18H19ClIN3O/c1-22-8-10-23(11-9-22)17-5-3-2-4-16(17)21-18(24)14-7-6-13(19)12-15(14)20/h2-7,12H,8-11H2,1H3,(H,21,24). The molecule has 2 aromatic rings. The summed E-state index contributed by atoms with van der Waals surface area (Å²) in [6.07, 6.45) is 0. The number of anilines is 2. The molecule has 1 aliphatic heterocycles. The SMILES string of the molecule is CN1CCN(c2ccccc2NC(=O)c2ccc(Cl)cc2I)CC1. The van der Waals surface area contributed by atoms with Crippen molar-refractivity contribution < 1.29 is 4.79 Å². The molecule has 1 heterocycles. The van der Waals surface area contributed by atoms with Crippen molar-refractivity contribution in [2.45, 2.75) is 0 Å². The van der Waals surface area contributed by atoms with Crippen LogP contribution in [0.1, 0.15) is 10.4 Å². The van der Waals surface area contributed by atoms with Crippen LogP contribution in [0.4, 0.5) is 11.4 Å². The number of para-hydroxylation sites is 2. The number of hydrogen-bond donors (Lipinski definition) is 1. The molecule has 0 radical (unpaired) electrons. The first-order valence-corrected chi connectivity index (χ1v) is 9.29. The molecular formula is C18H19ClIN3O. The minimum atomic E-state index is -0.113. The van der Waals surface area contributed by atoms with E-state index in [1.54, 1.807) is 18.2 Å². The van der Waals surface area contributed by atoms with Crippen molar-refractivity contribution in [2.24, 2.45) is 0 Å². The topological polar surface area (TPSA) is 35.6 Å². The summed E-state index contributed by atoms with van der Waals surface area (Å²) in [5, 5.41) is 3.69. The molecule has 1 amide bonds. The highest BCUT2D eigenvalue weighted by atomic mass is 127. The molecule has 1 N–H and O–H groups in total. The molecule has 6 heteroatoms. The lowest BCUT2D eigenvalue weighted by Gasteiger charge is -2.35. The average Bonchev–Trinajstić information content (AvgIpc) is 2.56. The minimum absolute atomic E-state index is 0.113. The fourth-order valence-electron chi connectivity index (χ4n) is 2.77. The van der Waals surface area contributed by atoms with E-state index in [1.807, 2.05) is 18.2 Å². The predicted octanol–water partition coefficient (Wildman–Crippen LogP) is 3.95. The van der Waals surface area contributed by atoms with Crippen molar-refractivity contribution in [3.05, 3.63) is 56.6 Å². The first kappa shape index (κ1) is 17.5. The highest BCUT2D eigenvalue weighted by Crippen LogP contribution is 2.28. The van der Waals surface area contributed by atoms with Crippen molar-refractivity contribution in [1.82, 2.24) is 4.90 Å². The number of halogens is 2. The van der Waals surface area contributed by atoms with Crippen molar-refractivity contribution in [3.8, 4) is 0 Å². The molecule has 0 aliphatic carbocycles. The molecule has 2 aromatic carbocycles. The van der Waals surface area contributed by atoms with Crippen LogP contribution in [0.3, 0.4) is 0 Å². The normalized spacial score (nSPS) is 15.4. The predicted molar refractivity (Wildman–Crippen MR) is 108 cm³/mol. The first-order chi connectivity index (χ1) is 11.5. The zero-order valence-corrected chi connectivity index (χ0v) is 16.3. The fraction of sp³-hybridized carbons (Fsp3) is 0.278. The van der Waals surface area contributed by atoms with E-state index in [9.17, 15) is 4.79 Å². The van der Waals surface area contributed by atoms with E-state index in [0.29, 0.717) is 10.6 Å². The summed E-state index contributed by atoms with van der Waals surface area (Å²) in [7, 11) is 2.13. The van der Waals surface area contributed by atoms with Crippen LogP contribution in [-0.4, -0.2) is 44.0 Å². The summed E-state index contributed by atoms with van der Waals surface area (Å²) in [5.74, 6) is -0.113. The number of carbonyl (C=O) groups is 1. The number of nitrogens with zero attached hydrogens (tertiary/aromatic N) is 2. The van der Waals surface area contributed by atoms with Gasteiger partial charge in [0.15, 0.2) is 0 Å². The molecule has 1 saturated heterocycles. The van der Waals surface area contributed by atoms with Gasteiger partial charge in [-0.25, -0.2) is 0 Å². The molecule has 3 rings (SSSR count). The number of piperazine rings is 1. The molecular weight excluding hydrogens is 437 g/mol. The molecule has 4 nitrogen and oxygen atoms in total. The lowest BCUT2D eigenvalue weighted by atomic mass is 10.2. The van der Waals surface area contributed by atoms with Crippen molar-refractivity contribution in [2.75, 3.05) is 43.4 Å². The number of carbonyl (C=O) groups excluding carboxylic acids is 1.